The average Bonchev–Trinajstić information content (AvgIpc) is 2.63. The zero-order valence-corrected chi connectivity index (χ0v) is 14.5. The molecule has 26 heavy (non-hydrogen) atoms. The number of pyridine rings is 1. The highest BCUT2D eigenvalue weighted by Gasteiger charge is 2.08. The van der Waals surface area contributed by atoms with E-state index in [2.05, 4.69) is 4.99 Å². The molecule has 1 heterocycles. The van der Waals surface area contributed by atoms with Crippen LogP contribution in [0.15, 0.2) is 64.5 Å². The third kappa shape index (κ3) is 5.66. The second-order valence-electron chi connectivity index (χ2n) is 5.71. The van der Waals surface area contributed by atoms with Gasteiger partial charge in [-0.05, 0) is 43.5 Å². The van der Waals surface area contributed by atoms with Gasteiger partial charge in [-0.1, -0.05) is 30.4 Å². The van der Waals surface area contributed by atoms with Crippen molar-refractivity contribution in [2.24, 2.45) is 4.99 Å². The van der Waals surface area contributed by atoms with E-state index in [1.807, 2.05) is 24.3 Å². The summed E-state index contributed by atoms with van der Waals surface area (Å²) in [5, 5.41) is 8.78. The van der Waals surface area contributed by atoms with Crippen LogP contribution >= 0.6 is 0 Å². The molecule has 0 fully saturated rings. The van der Waals surface area contributed by atoms with Gasteiger partial charge < -0.3 is 9.67 Å². The minimum absolute atomic E-state index is 0.0140. The number of unbranched alkanes of at least 4 members (excludes halogenated alkanes) is 1. The van der Waals surface area contributed by atoms with Crippen LogP contribution in [-0.4, -0.2) is 27.3 Å². The molecule has 0 spiro atoms. The van der Waals surface area contributed by atoms with Crippen molar-refractivity contribution in [3.05, 3.63) is 76.2 Å². The van der Waals surface area contributed by atoms with E-state index >= 15 is 0 Å². The predicted octanol–water partition coefficient (Wildman–Crippen LogP) is 3.03. The highest BCUT2D eigenvalue weighted by molar-refractivity contribution is 6.36. The second-order valence-corrected chi connectivity index (χ2v) is 5.71. The van der Waals surface area contributed by atoms with Gasteiger partial charge in [0, 0.05) is 24.4 Å². The summed E-state index contributed by atoms with van der Waals surface area (Å²) in [6, 6.07) is 11.9. The Morgan fingerprint density at radius 2 is 2.00 bits per heavy atom. The van der Waals surface area contributed by atoms with Crippen LogP contribution in [0.2, 0.25) is 0 Å². The van der Waals surface area contributed by atoms with Crippen molar-refractivity contribution in [3.8, 4) is 0 Å². The number of carbonyl (C=O) groups is 2. The van der Waals surface area contributed by atoms with Crippen LogP contribution in [0, 0.1) is 0 Å². The Kier molecular flexibility index (Phi) is 6.79. The molecule has 134 valence electrons. The molecule has 1 N–H and O–H groups in total. The van der Waals surface area contributed by atoms with Gasteiger partial charge >= 0.3 is 5.97 Å². The molecular weight excluding hydrogens is 332 g/mol. The van der Waals surface area contributed by atoms with Gasteiger partial charge in [0.2, 0.25) is 5.56 Å². The van der Waals surface area contributed by atoms with E-state index in [1.165, 1.54) is 13.0 Å². The van der Waals surface area contributed by atoms with E-state index in [0.717, 1.165) is 18.4 Å². The van der Waals surface area contributed by atoms with Gasteiger partial charge in [-0.15, -0.1) is 0 Å². The van der Waals surface area contributed by atoms with E-state index in [-0.39, 0.29) is 11.3 Å². The number of nitrogens with zero attached hydrogens (tertiary/aromatic N) is 2. The highest BCUT2D eigenvalue weighted by Crippen LogP contribution is 2.10. The first-order valence-corrected chi connectivity index (χ1v) is 8.22. The number of allylic oxidation sites excluding steroid dienone is 1. The molecule has 0 aliphatic rings. The van der Waals surface area contributed by atoms with Gasteiger partial charge in [-0.2, -0.15) is 0 Å². The molecule has 1 amide bonds. The molecule has 0 aliphatic carbocycles. The first-order chi connectivity index (χ1) is 12.5. The monoisotopic (exact) mass is 352 g/mol. The molecule has 6 heteroatoms. The Bertz CT molecular complexity index is 910. The molecular formula is C20H20N2O4. The number of aromatic nitrogens is 1. The number of aryl methyl sites for hydroxylation is 1. The summed E-state index contributed by atoms with van der Waals surface area (Å²) in [6.45, 7) is 1.92. The lowest BCUT2D eigenvalue weighted by Gasteiger charge is -2.02. The Labute approximate surface area is 151 Å². The van der Waals surface area contributed by atoms with E-state index in [4.69, 9.17) is 5.11 Å². The summed E-state index contributed by atoms with van der Waals surface area (Å²) in [5.41, 5.74) is 0.909. The van der Waals surface area contributed by atoms with Gasteiger partial charge in [-0.3, -0.25) is 9.59 Å². The van der Waals surface area contributed by atoms with Crippen molar-refractivity contribution in [2.45, 2.75) is 26.3 Å². The van der Waals surface area contributed by atoms with Crippen molar-refractivity contribution < 1.29 is 14.7 Å². The van der Waals surface area contributed by atoms with Crippen LogP contribution < -0.4 is 5.56 Å². The highest BCUT2D eigenvalue weighted by atomic mass is 16.4. The quantitative estimate of drug-likeness (QED) is 0.613. The first kappa shape index (κ1) is 19.1. The summed E-state index contributed by atoms with van der Waals surface area (Å²) >= 11 is 0. The van der Waals surface area contributed by atoms with Gasteiger partial charge in [0.1, 0.15) is 5.71 Å². The normalized spacial score (nSPS) is 11.7. The molecule has 1 aromatic carbocycles. The van der Waals surface area contributed by atoms with Crippen LogP contribution in [-0.2, 0) is 11.3 Å². The lowest BCUT2D eigenvalue weighted by atomic mass is 10.1. The van der Waals surface area contributed by atoms with Crippen molar-refractivity contribution in [1.82, 2.24) is 4.57 Å². The van der Waals surface area contributed by atoms with Crippen LogP contribution in [0.25, 0.3) is 6.08 Å². The molecule has 0 unspecified atom stereocenters. The maximum absolute atomic E-state index is 12.0. The molecule has 0 bridgehead atoms. The summed E-state index contributed by atoms with van der Waals surface area (Å²) in [5.74, 6) is -1.80. The Morgan fingerprint density at radius 3 is 2.73 bits per heavy atom. The number of carboxylic acids is 1. The molecule has 2 aromatic rings. The van der Waals surface area contributed by atoms with Gasteiger partial charge in [-0.25, -0.2) is 9.79 Å². The van der Waals surface area contributed by atoms with Crippen LogP contribution in [0.4, 0.5) is 0 Å². The largest absolute Gasteiger partial charge is 0.477 e. The van der Waals surface area contributed by atoms with E-state index < -0.39 is 11.9 Å². The molecule has 0 saturated heterocycles. The maximum Gasteiger partial charge on any atom is 0.350 e. The van der Waals surface area contributed by atoms with Crippen LogP contribution in [0.1, 0.15) is 35.7 Å². The smallest absolute Gasteiger partial charge is 0.350 e. The van der Waals surface area contributed by atoms with Crippen molar-refractivity contribution in [2.75, 3.05) is 0 Å². The number of rotatable bonds is 7. The number of carbonyl (C=O) groups excluding carboxylic acids is 1. The molecule has 0 aliphatic heterocycles. The fraction of sp³-hybridized carbons (Fsp3) is 0.200. The third-order valence-corrected chi connectivity index (χ3v) is 3.69. The van der Waals surface area contributed by atoms with Crippen molar-refractivity contribution >= 4 is 23.7 Å². The van der Waals surface area contributed by atoms with E-state index in [0.29, 0.717) is 12.1 Å². The summed E-state index contributed by atoms with van der Waals surface area (Å²) in [7, 11) is 0. The fourth-order valence-corrected chi connectivity index (χ4v) is 2.28. The summed E-state index contributed by atoms with van der Waals surface area (Å²) < 4.78 is 1.66. The van der Waals surface area contributed by atoms with Gasteiger partial charge in [0.15, 0.2) is 0 Å². The minimum Gasteiger partial charge on any atom is -0.477 e. The second kappa shape index (κ2) is 9.27. The molecule has 0 saturated carbocycles. The van der Waals surface area contributed by atoms with Crippen molar-refractivity contribution in [3.63, 3.8) is 0 Å². The SMILES string of the molecule is C/C(=N\C(=O)c1cccc(/C=C\CCCn2ccccc2=O)c1)C(=O)O. The zero-order valence-electron chi connectivity index (χ0n) is 14.5. The number of aliphatic carboxylic acids is 1. The first-order valence-electron chi connectivity index (χ1n) is 8.22. The topological polar surface area (TPSA) is 88.7 Å². The lowest BCUT2D eigenvalue weighted by molar-refractivity contribution is -0.129. The number of carboxylic acid groups (broad SMARTS) is 1. The van der Waals surface area contributed by atoms with Gasteiger partial charge in [0.25, 0.3) is 5.91 Å². The average molecular weight is 352 g/mol. The lowest BCUT2D eigenvalue weighted by Crippen LogP contribution is -2.17. The number of amides is 1. The predicted molar refractivity (Wildman–Crippen MR) is 100 cm³/mol. The zero-order chi connectivity index (χ0) is 18.9. The molecule has 2 rings (SSSR count). The Morgan fingerprint density at radius 1 is 1.19 bits per heavy atom. The number of aliphatic imine (C=N–C) groups is 1. The van der Waals surface area contributed by atoms with Gasteiger partial charge in [0.05, 0.1) is 0 Å². The van der Waals surface area contributed by atoms with Crippen LogP contribution in [0.5, 0.6) is 0 Å². The standard InChI is InChI=1S/C20H20N2O4/c1-15(20(25)26)21-19(24)17-10-7-9-16(14-17)8-3-2-5-12-22-13-6-4-11-18(22)23/h3-4,6-11,13-14H,2,5,12H2,1H3,(H,25,26)/b8-3-,21-15+. The summed E-state index contributed by atoms with van der Waals surface area (Å²) in [6.07, 6.45) is 7.24. The Balaban J connectivity index is 1.93. The summed E-state index contributed by atoms with van der Waals surface area (Å²) in [4.78, 5) is 37.9. The maximum atomic E-state index is 12.0. The van der Waals surface area contributed by atoms with E-state index in [1.54, 1.807) is 35.0 Å². The minimum atomic E-state index is -1.22. The number of hydrogen-bond donors (Lipinski definition) is 1. The van der Waals surface area contributed by atoms with Crippen LogP contribution in [0.3, 0.4) is 0 Å². The van der Waals surface area contributed by atoms with Crippen molar-refractivity contribution in [1.29, 1.82) is 0 Å². The fourth-order valence-electron chi connectivity index (χ4n) is 2.28. The number of hydrogen-bond acceptors (Lipinski definition) is 3. The third-order valence-electron chi connectivity index (χ3n) is 3.69. The Hall–Kier alpha value is -3.28. The van der Waals surface area contributed by atoms with E-state index in [9.17, 15) is 14.4 Å². The molecule has 0 radical (unpaired) electrons. The molecule has 0 atom stereocenters. The number of benzene rings is 1. The molecule has 1 aromatic heterocycles. The molecule has 6 nitrogen and oxygen atoms in total.